The van der Waals surface area contributed by atoms with Gasteiger partial charge in [-0.15, -0.1) is 0 Å². The normalized spacial score (nSPS) is 10.5. The molecule has 0 aromatic rings. The highest BCUT2D eigenvalue weighted by Crippen LogP contribution is 2.21. The summed E-state index contributed by atoms with van der Waals surface area (Å²) in [5.74, 6) is -0.169. The fourth-order valence-corrected chi connectivity index (χ4v) is 1.73. The van der Waals surface area contributed by atoms with E-state index in [0.29, 0.717) is 17.9 Å². The summed E-state index contributed by atoms with van der Waals surface area (Å²) in [4.78, 5) is 10.5. The second kappa shape index (κ2) is 7.60. The van der Waals surface area contributed by atoms with Crippen LogP contribution in [-0.2, 0) is 4.79 Å². The molecule has 1 N–H and O–H groups in total. The molecule has 2 heteroatoms. The van der Waals surface area contributed by atoms with Crippen LogP contribution >= 0.6 is 0 Å². The first-order chi connectivity index (χ1) is 6.61. The highest BCUT2D eigenvalue weighted by molar-refractivity contribution is 5.85. The molecule has 0 aliphatic heterocycles. The van der Waals surface area contributed by atoms with Gasteiger partial charge in [0.05, 0.1) is 0 Å². The minimum absolute atomic E-state index is 0.349. The van der Waals surface area contributed by atoms with Crippen molar-refractivity contribution >= 4 is 5.97 Å². The van der Waals surface area contributed by atoms with Gasteiger partial charge < -0.3 is 5.11 Å². The van der Waals surface area contributed by atoms with Crippen molar-refractivity contribution in [2.45, 2.75) is 52.4 Å². The largest absolute Gasteiger partial charge is 0.478 e. The molecule has 82 valence electrons. The number of rotatable bonds is 8. The molecule has 0 aromatic heterocycles. The molecule has 0 aliphatic carbocycles. The van der Waals surface area contributed by atoms with Crippen molar-refractivity contribution in [2.24, 2.45) is 5.92 Å². The average Bonchev–Trinajstić information content (AvgIpc) is 2.14. The number of aliphatic carboxylic acids is 1. The van der Waals surface area contributed by atoms with Crippen LogP contribution in [0.2, 0.25) is 0 Å². The van der Waals surface area contributed by atoms with Crippen LogP contribution in [0.5, 0.6) is 0 Å². The molecule has 0 saturated carbocycles. The summed E-state index contributed by atoms with van der Waals surface area (Å²) < 4.78 is 0. The maximum atomic E-state index is 10.5. The fraction of sp³-hybridized carbons (Fsp3) is 0.750. The topological polar surface area (TPSA) is 37.3 Å². The van der Waals surface area contributed by atoms with Gasteiger partial charge in [0.1, 0.15) is 0 Å². The van der Waals surface area contributed by atoms with Crippen molar-refractivity contribution in [3.63, 3.8) is 0 Å². The second-order valence-electron chi connectivity index (χ2n) is 3.89. The predicted octanol–water partition coefficient (Wildman–Crippen LogP) is 3.62. The van der Waals surface area contributed by atoms with E-state index in [1.54, 1.807) is 0 Å². The minimum atomic E-state index is -0.850. The monoisotopic (exact) mass is 198 g/mol. The molecule has 0 heterocycles. The third kappa shape index (κ3) is 5.79. The molecular formula is C12H22O2. The van der Waals surface area contributed by atoms with E-state index < -0.39 is 5.97 Å². The predicted molar refractivity (Wildman–Crippen MR) is 59.3 cm³/mol. The van der Waals surface area contributed by atoms with Gasteiger partial charge in [-0.25, -0.2) is 4.79 Å². The van der Waals surface area contributed by atoms with Crippen molar-refractivity contribution in [2.75, 3.05) is 0 Å². The fourth-order valence-electron chi connectivity index (χ4n) is 1.73. The van der Waals surface area contributed by atoms with Crippen LogP contribution in [0.15, 0.2) is 12.2 Å². The van der Waals surface area contributed by atoms with E-state index in [9.17, 15) is 4.79 Å². The van der Waals surface area contributed by atoms with Gasteiger partial charge in [0.15, 0.2) is 0 Å². The Bertz CT molecular complexity index is 179. The number of carbonyl (C=O) groups is 1. The first-order valence-corrected chi connectivity index (χ1v) is 5.52. The van der Waals surface area contributed by atoms with E-state index in [2.05, 4.69) is 20.4 Å². The van der Waals surface area contributed by atoms with Crippen molar-refractivity contribution in [3.05, 3.63) is 12.2 Å². The Morgan fingerprint density at radius 3 is 2.07 bits per heavy atom. The maximum Gasteiger partial charge on any atom is 0.330 e. The van der Waals surface area contributed by atoms with Crippen LogP contribution in [0.1, 0.15) is 52.4 Å². The van der Waals surface area contributed by atoms with Crippen LogP contribution in [0.25, 0.3) is 0 Å². The zero-order valence-electron chi connectivity index (χ0n) is 9.38. The van der Waals surface area contributed by atoms with Crippen LogP contribution in [0, 0.1) is 5.92 Å². The molecule has 0 unspecified atom stereocenters. The summed E-state index contributed by atoms with van der Waals surface area (Å²) in [5.41, 5.74) is 0.349. The van der Waals surface area contributed by atoms with Crippen LogP contribution in [0.4, 0.5) is 0 Å². The summed E-state index contributed by atoms with van der Waals surface area (Å²) in [7, 11) is 0. The standard InChI is InChI=1S/C12H22O2/c1-4-6-11(7-5-2)9-8-10(3)12(13)14/h11H,3-9H2,1-2H3,(H,13,14). The molecule has 0 atom stereocenters. The van der Waals surface area contributed by atoms with Gasteiger partial charge in [-0.05, 0) is 18.8 Å². The molecule has 0 aliphatic rings. The Balaban J connectivity index is 3.80. The Morgan fingerprint density at radius 1 is 1.21 bits per heavy atom. The average molecular weight is 198 g/mol. The molecule has 0 radical (unpaired) electrons. The third-order valence-electron chi connectivity index (χ3n) is 2.55. The number of hydrogen-bond acceptors (Lipinski definition) is 1. The van der Waals surface area contributed by atoms with Crippen molar-refractivity contribution in [1.82, 2.24) is 0 Å². The van der Waals surface area contributed by atoms with Crippen LogP contribution < -0.4 is 0 Å². The van der Waals surface area contributed by atoms with Gasteiger partial charge in [0.2, 0.25) is 0 Å². The van der Waals surface area contributed by atoms with E-state index in [4.69, 9.17) is 5.11 Å². The molecule has 2 nitrogen and oxygen atoms in total. The van der Waals surface area contributed by atoms with Crippen molar-refractivity contribution in [1.29, 1.82) is 0 Å². The van der Waals surface area contributed by atoms with Crippen molar-refractivity contribution < 1.29 is 9.90 Å². The lowest BCUT2D eigenvalue weighted by Crippen LogP contribution is -2.04. The van der Waals surface area contributed by atoms with E-state index in [1.807, 2.05) is 0 Å². The molecule has 0 bridgehead atoms. The van der Waals surface area contributed by atoms with Crippen LogP contribution in [-0.4, -0.2) is 11.1 Å². The van der Waals surface area contributed by atoms with E-state index in [0.717, 1.165) is 6.42 Å². The molecule has 0 fully saturated rings. The molecule has 0 rings (SSSR count). The lowest BCUT2D eigenvalue weighted by atomic mass is 9.92. The summed E-state index contributed by atoms with van der Waals surface area (Å²) in [6, 6.07) is 0. The molecule has 0 aromatic carbocycles. The number of carboxylic acids is 1. The first-order valence-electron chi connectivity index (χ1n) is 5.52. The zero-order valence-corrected chi connectivity index (χ0v) is 9.38. The third-order valence-corrected chi connectivity index (χ3v) is 2.55. The van der Waals surface area contributed by atoms with E-state index in [1.165, 1.54) is 25.7 Å². The minimum Gasteiger partial charge on any atom is -0.478 e. The summed E-state index contributed by atoms with van der Waals surface area (Å²) in [6.45, 7) is 7.90. The lowest BCUT2D eigenvalue weighted by Gasteiger charge is -2.14. The zero-order chi connectivity index (χ0) is 11.0. The smallest absolute Gasteiger partial charge is 0.330 e. The summed E-state index contributed by atoms with van der Waals surface area (Å²) in [5, 5.41) is 8.66. The lowest BCUT2D eigenvalue weighted by molar-refractivity contribution is -0.132. The molecule has 14 heavy (non-hydrogen) atoms. The maximum absolute atomic E-state index is 10.5. The Morgan fingerprint density at radius 2 is 1.71 bits per heavy atom. The van der Waals surface area contributed by atoms with Crippen LogP contribution in [0.3, 0.4) is 0 Å². The van der Waals surface area contributed by atoms with Gasteiger partial charge in [-0.1, -0.05) is 46.1 Å². The molecule has 0 amide bonds. The molecular weight excluding hydrogens is 176 g/mol. The summed E-state index contributed by atoms with van der Waals surface area (Å²) in [6.07, 6.45) is 6.41. The number of hydrogen-bond donors (Lipinski definition) is 1. The SMILES string of the molecule is C=C(CCC(CCC)CCC)C(=O)O. The van der Waals surface area contributed by atoms with E-state index >= 15 is 0 Å². The Kier molecular flexibility index (Phi) is 7.17. The van der Waals surface area contributed by atoms with Gasteiger partial charge in [-0.3, -0.25) is 0 Å². The highest BCUT2D eigenvalue weighted by atomic mass is 16.4. The number of carboxylic acid groups (broad SMARTS) is 1. The van der Waals surface area contributed by atoms with Gasteiger partial charge >= 0.3 is 5.97 Å². The van der Waals surface area contributed by atoms with E-state index in [-0.39, 0.29) is 0 Å². The summed E-state index contributed by atoms with van der Waals surface area (Å²) >= 11 is 0. The Labute approximate surface area is 87.0 Å². The molecule has 0 saturated heterocycles. The van der Waals surface area contributed by atoms with Gasteiger partial charge in [0.25, 0.3) is 0 Å². The van der Waals surface area contributed by atoms with Crippen molar-refractivity contribution in [3.8, 4) is 0 Å². The molecule has 0 spiro atoms. The highest BCUT2D eigenvalue weighted by Gasteiger charge is 2.10. The van der Waals surface area contributed by atoms with Gasteiger partial charge in [-0.2, -0.15) is 0 Å². The Hall–Kier alpha value is -0.790. The van der Waals surface area contributed by atoms with Gasteiger partial charge in [0, 0.05) is 5.57 Å². The first kappa shape index (κ1) is 13.2. The second-order valence-corrected chi connectivity index (χ2v) is 3.89. The quantitative estimate of drug-likeness (QED) is 0.605.